The lowest BCUT2D eigenvalue weighted by atomic mass is 10.4. The molecule has 1 amide bonds. The Morgan fingerprint density at radius 2 is 1.91 bits per heavy atom. The fraction of sp³-hybridized carbons (Fsp3) is 0.400. The van der Waals surface area contributed by atoms with Gasteiger partial charge in [-0.25, -0.2) is 0 Å². The number of carbonyl (C=O) groups excluding carboxylic acids is 1. The van der Waals surface area contributed by atoms with Crippen LogP contribution in [0.4, 0.5) is 0 Å². The topological polar surface area (TPSA) is 75.7 Å². The Labute approximate surface area is 132 Å². The third-order valence-electron chi connectivity index (χ3n) is 2.52. The maximum Gasteiger partial charge on any atom is 0.296 e. The number of rotatable bonds is 7. The summed E-state index contributed by atoms with van der Waals surface area (Å²) >= 11 is 0. The monoisotopic (exact) mass is 328 g/mol. The molecule has 0 aromatic heterocycles. The Morgan fingerprint density at radius 3 is 2.36 bits per heavy atom. The molecule has 7 heteroatoms. The third kappa shape index (κ3) is 9.28. The highest BCUT2D eigenvalue weighted by molar-refractivity contribution is 7.86. The van der Waals surface area contributed by atoms with Crippen LogP contribution >= 0.6 is 0 Å². The van der Waals surface area contributed by atoms with Gasteiger partial charge < -0.3 is 10.2 Å². The van der Waals surface area contributed by atoms with Crippen LogP contribution in [0.15, 0.2) is 47.9 Å². The molecule has 1 aromatic carbocycles. The molecule has 0 radical (unpaired) electrons. The second-order valence-corrected chi connectivity index (χ2v) is 6.30. The number of hydrogen-bond donors (Lipinski definition) is 1. The quantitative estimate of drug-likeness (QED) is 0.463. The summed E-state index contributed by atoms with van der Waals surface area (Å²) in [5, 5.41) is 2.70. The van der Waals surface area contributed by atoms with Crippen molar-refractivity contribution in [3.63, 3.8) is 0 Å². The first-order valence-corrected chi connectivity index (χ1v) is 8.15. The molecule has 0 spiro atoms. The zero-order chi connectivity index (χ0) is 17.0. The van der Waals surface area contributed by atoms with E-state index in [1.54, 1.807) is 18.2 Å². The molecule has 0 unspecified atom stereocenters. The normalized spacial score (nSPS) is 10.5. The zero-order valence-corrected chi connectivity index (χ0v) is 14.1. The lowest BCUT2D eigenvalue weighted by Gasteiger charge is -2.08. The summed E-state index contributed by atoms with van der Waals surface area (Å²) in [6.45, 7) is 5.07. The average Bonchev–Trinajstić information content (AvgIpc) is 2.52. The van der Waals surface area contributed by atoms with Crippen LogP contribution in [-0.2, 0) is 19.1 Å². The van der Waals surface area contributed by atoms with E-state index in [2.05, 4.69) is 21.0 Å². The van der Waals surface area contributed by atoms with Crippen LogP contribution in [-0.4, -0.2) is 53.5 Å². The van der Waals surface area contributed by atoms with Crippen LogP contribution in [0.1, 0.15) is 6.42 Å². The van der Waals surface area contributed by atoms with E-state index in [0.29, 0.717) is 0 Å². The van der Waals surface area contributed by atoms with E-state index in [9.17, 15) is 13.2 Å². The highest BCUT2D eigenvalue weighted by atomic mass is 32.2. The Hall–Kier alpha value is -1.70. The van der Waals surface area contributed by atoms with Crippen LogP contribution in [0, 0.1) is 0 Å². The van der Waals surface area contributed by atoms with E-state index < -0.39 is 10.1 Å². The second-order valence-electron chi connectivity index (χ2n) is 4.59. The fourth-order valence-corrected chi connectivity index (χ4v) is 2.05. The van der Waals surface area contributed by atoms with E-state index in [-0.39, 0.29) is 10.8 Å². The van der Waals surface area contributed by atoms with Crippen molar-refractivity contribution in [2.24, 2.45) is 0 Å². The predicted molar refractivity (Wildman–Crippen MR) is 87.0 cm³/mol. The Kier molecular flexibility index (Phi) is 10.1. The summed E-state index contributed by atoms with van der Waals surface area (Å²) in [4.78, 5) is 12.9. The van der Waals surface area contributed by atoms with Crippen molar-refractivity contribution in [3.8, 4) is 0 Å². The lowest BCUT2D eigenvalue weighted by Crippen LogP contribution is -2.25. The van der Waals surface area contributed by atoms with Gasteiger partial charge in [-0.05, 0) is 45.3 Å². The summed E-state index contributed by atoms with van der Waals surface area (Å²) in [5.41, 5.74) is 0. The van der Waals surface area contributed by atoms with Gasteiger partial charge in [-0.3, -0.25) is 8.98 Å². The second kappa shape index (κ2) is 10.9. The van der Waals surface area contributed by atoms with Gasteiger partial charge >= 0.3 is 0 Å². The van der Waals surface area contributed by atoms with E-state index in [1.165, 1.54) is 18.2 Å². The van der Waals surface area contributed by atoms with Gasteiger partial charge in [0.1, 0.15) is 0 Å². The summed E-state index contributed by atoms with van der Waals surface area (Å²) in [7, 11) is 1.66. The molecule has 0 bridgehead atoms. The molecular formula is C15H24N2O4S. The van der Waals surface area contributed by atoms with Gasteiger partial charge in [0.05, 0.1) is 12.0 Å². The first-order chi connectivity index (χ1) is 10.3. The first kappa shape index (κ1) is 20.3. The van der Waals surface area contributed by atoms with E-state index >= 15 is 0 Å². The average molecular weight is 328 g/mol. The van der Waals surface area contributed by atoms with Crippen molar-refractivity contribution in [2.75, 3.05) is 34.3 Å². The highest BCUT2D eigenvalue weighted by Gasteiger charge is 2.10. The Balaban J connectivity index is 0.000000401. The smallest absolute Gasteiger partial charge is 0.296 e. The molecule has 124 valence electrons. The molecule has 0 atom stereocenters. The molecule has 0 aliphatic carbocycles. The SMILES string of the molecule is C=CC(=O)NCCCN(C)C.COS(=O)(=O)c1ccccc1. The van der Waals surface area contributed by atoms with Gasteiger partial charge in [-0.2, -0.15) is 8.42 Å². The standard InChI is InChI=1S/C8H16N2O.C7H8O3S/c1-4-8(11)9-6-5-7-10(2)3;1-10-11(8,9)7-5-3-2-4-6-7/h4H,1,5-7H2,2-3H3,(H,9,11);2-6H,1H3. The summed E-state index contributed by atoms with van der Waals surface area (Å²) < 4.78 is 26.3. The van der Waals surface area contributed by atoms with E-state index in [1.807, 2.05) is 14.1 Å². The molecule has 1 N–H and O–H groups in total. The van der Waals surface area contributed by atoms with Gasteiger partial charge in [0, 0.05) is 6.54 Å². The minimum atomic E-state index is -3.50. The first-order valence-electron chi connectivity index (χ1n) is 6.74. The maximum atomic E-state index is 11.0. The Bertz CT molecular complexity index is 542. The van der Waals surface area contributed by atoms with Crippen LogP contribution in [0.25, 0.3) is 0 Å². The van der Waals surface area contributed by atoms with Crippen LogP contribution < -0.4 is 5.32 Å². The molecular weight excluding hydrogens is 304 g/mol. The zero-order valence-electron chi connectivity index (χ0n) is 13.3. The van der Waals surface area contributed by atoms with Crippen molar-refractivity contribution in [2.45, 2.75) is 11.3 Å². The highest BCUT2D eigenvalue weighted by Crippen LogP contribution is 2.09. The van der Waals surface area contributed by atoms with Crippen molar-refractivity contribution < 1.29 is 17.4 Å². The van der Waals surface area contributed by atoms with Crippen LogP contribution in [0.2, 0.25) is 0 Å². The molecule has 6 nitrogen and oxygen atoms in total. The third-order valence-corrected chi connectivity index (χ3v) is 3.81. The van der Waals surface area contributed by atoms with Gasteiger partial charge in [0.2, 0.25) is 5.91 Å². The minimum absolute atomic E-state index is 0.0937. The molecule has 0 fully saturated rings. The molecule has 0 aliphatic rings. The molecule has 0 aliphatic heterocycles. The molecule has 22 heavy (non-hydrogen) atoms. The number of hydrogen-bond acceptors (Lipinski definition) is 5. The van der Waals surface area contributed by atoms with Gasteiger partial charge in [0.25, 0.3) is 10.1 Å². The molecule has 0 heterocycles. The maximum absolute atomic E-state index is 11.0. The van der Waals surface area contributed by atoms with Crippen molar-refractivity contribution in [3.05, 3.63) is 43.0 Å². The molecule has 0 saturated heterocycles. The predicted octanol–water partition coefficient (Wildman–Crippen LogP) is 1.26. The van der Waals surface area contributed by atoms with Gasteiger partial charge in [-0.15, -0.1) is 0 Å². The van der Waals surface area contributed by atoms with Crippen LogP contribution in [0.5, 0.6) is 0 Å². The van der Waals surface area contributed by atoms with Crippen LogP contribution in [0.3, 0.4) is 0 Å². The van der Waals surface area contributed by atoms with Crippen molar-refractivity contribution in [1.29, 1.82) is 0 Å². The Morgan fingerprint density at radius 1 is 1.32 bits per heavy atom. The summed E-state index contributed by atoms with van der Waals surface area (Å²) in [5.74, 6) is -0.0937. The fourth-order valence-electron chi connectivity index (χ4n) is 1.36. The summed E-state index contributed by atoms with van der Waals surface area (Å²) in [6.07, 6.45) is 2.27. The number of nitrogens with one attached hydrogen (secondary N) is 1. The van der Waals surface area contributed by atoms with Gasteiger partial charge in [0.15, 0.2) is 0 Å². The van der Waals surface area contributed by atoms with Crippen molar-refractivity contribution in [1.82, 2.24) is 10.2 Å². The largest absolute Gasteiger partial charge is 0.353 e. The number of carbonyl (C=O) groups is 1. The molecule has 0 saturated carbocycles. The van der Waals surface area contributed by atoms with E-state index in [0.717, 1.165) is 26.6 Å². The van der Waals surface area contributed by atoms with Crippen molar-refractivity contribution >= 4 is 16.0 Å². The minimum Gasteiger partial charge on any atom is -0.353 e. The number of amides is 1. The molecule has 1 rings (SSSR count). The lowest BCUT2D eigenvalue weighted by molar-refractivity contribution is -0.116. The van der Waals surface area contributed by atoms with E-state index in [4.69, 9.17) is 0 Å². The van der Waals surface area contributed by atoms with Gasteiger partial charge in [-0.1, -0.05) is 24.8 Å². The number of nitrogens with zero attached hydrogens (tertiary/aromatic N) is 1. The number of benzene rings is 1. The molecule has 1 aromatic rings. The summed E-state index contributed by atoms with van der Waals surface area (Å²) in [6, 6.07) is 8.00.